The number of anilines is 1. The van der Waals surface area contributed by atoms with Crippen molar-refractivity contribution in [2.75, 3.05) is 12.0 Å². The first kappa shape index (κ1) is 16.0. The SMILES string of the molecule is CON=C1C(=O)N(Cc2cn(Cc3ccccc3)nn2)c2ccccc21. The number of para-hydroxylation sites is 1. The Hall–Kier alpha value is -3.48. The van der Waals surface area contributed by atoms with Crippen LogP contribution in [-0.2, 0) is 22.7 Å². The molecule has 7 heteroatoms. The van der Waals surface area contributed by atoms with Crippen LogP contribution in [0.3, 0.4) is 0 Å². The van der Waals surface area contributed by atoms with Gasteiger partial charge in [-0.3, -0.25) is 4.79 Å². The fourth-order valence-corrected chi connectivity index (χ4v) is 3.02. The summed E-state index contributed by atoms with van der Waals surface area (Å²) in [6.45, 7) is 0.960. The lowest BCUT2D eigenvalue weighted by atomic mass is 10.1. The minimum absolute atomic E-state index is 0.203. The lowest BCUT2D eigenvalue weighted by Crippen LogP contribution is -2.29. The van der Waals surface area contributed by atoms with E-state index in [1.165, 1.54) is 7.11 Å². The van der Waals surface area contributed by atoms with Crippen LogP contribution in [0.25, 0.3) is 0 Å². The lowest BCUT2D eigenvalue weighted by Gasteiger charge is -2.14. The standard InChI is InChI=1S/C19H17N5O2/c1-26-21-18-16-9-5-6-10-17(16)24(19(18)25)13-15-12-23(22-20-15)11-14-7-3-2-4-8-14/h2-10,12H,11,13H2,1H3. The van der Waals surface area contributed by atoms with Gasteiger partial charge in [0.1, 0.15) is 12.8 Å². The van der Waals surface area contributed by atoms with Crippen molar-refractivity contribution >= 4 is 17.3 Å². The molecule has 0 saturated heterocycles. The van der Waals surface area contributed by atoms with Crippen molar-refractivity contribution in [3.05, 3.63) is 77.6 Å². The zero-order valence-electron chi connectivity index (χ0n) is 14.2. The molecule has 0 N–H and O–H groups in total. The minimum Gasteiger partial charge on any atom is -0.398 e. The summed E-state index contributed by atoms with van der Waals surface area (Å²) in [7, 11) is 1.43. The molecule has 0 bridgehead atoms. The van der Waals surface area contributed by atoms with Crippen LogP contribution in [0, 0.1) is 0 Å². The minimum atomic E-state index is -0.203. The first-order valence-corrected chi connectivity index (χ1v) is 8.21. The average Bonchev–Trinajstić information content (AvgIpc) is 3.21. The Morgan fingerprint density at radius 3 is 2.62 bits per heavy atom. The van der Waals surface area contributed by atoms with E-state index in [1.807, 2.05) is 60.8 Å². The quantitative estimate of drug-likeness (QED) is 0.664. The average molecular weight is 347 g/mol. The van der Waals surface area contributed by atoms with Crippen molar-refractivity contribution in [2.24, 2.45) is 5.16 Å². The van der Waals surface area contributed by atoms with Gasteiger partial charge in [-0.25, -0.2) is 4.68 Å². The highest BCUT2D eigenvalue weighted by Gasteiger charge is 2.34. The van der Waals surface area contributed by atoms with Crippen molar-refractivity contribution in [3.63, 3.8) is 0 Å². The van der Waals surface area contributed by atoms with E-state index in [1.54, 1.807) is 9.58 Å². The van der Waals surface area contributed by atoms with Gasteiger partial charge in [-0.1, -0.05) is 58.9 Å². The fourth-order valence-electron chi connectivity index (χ4n) is 3.02. The molecule has 3 aromatic rings. The Kier molecular flexibility index (Phi) is 4.18. The van der Waals surface area contributed by atoms with Crippen molar-refractivity contribution in [2.45, 2.75) is 13.1 Å². The van der Waals surface area contributed by atoms with E-state index < -0.39 is 0 Å². The van der Waals surface area contributed by atoms with Crippen LogP contribution in [0.15, 0.2) is 65.9 Å². The van der Waals surface area contributed by atoms with Crippen LogP contribution < -0.4 is 4.90 Å². The molecule has 2 heterocycles. The summed E-state index contributed by atoms with van der Waals surface area (Å²) in [5.74, 6) is -0.203. The van der Waals surface area contributed by atoms with E-state index in [-0.39, 0.29) is 5.91 Å². The zero-order valence-corrected chi connectivity index (χ0v) is 14.2. The molecule has 26 heavy (non-hydrogen) atoms. The number of benzene rings is 2. The van der Waals surface area contributed by atoms with Crippen LogP contribution in [0.4, 0.5) is 5.69 Å². The Morgan fingerprint density at radius 1 is 1.04 bits per heavy atom. The second-order valence-corrected chi connectivity index (χ2v) is 5.92. The molecule has 0 fully saturated rings. The van der Waals surface area contributed by atoms with E-state index in [2.05, 4.69) is 15.5 Å². The second kappa shape index (κ2) is 6.79. The summed E-state index contributed by atoms with van der Waals surface area (Å²) in [5, 5.41) is 12.2. The number of amides is 1. The summed E-state index contributed by atoms with van der Waals surface area (Å²) < 4.78 is 1.77. The molecular formula is C19H17N5O2. The molecule has 0 saturated carbocycles. The van der Waals surface area contributed by atoms with Gasteiger partial charge in [-0.05, 0) is 11.6 Å². The molecule has 1 aliphatic heterocycles. The largest absolute Gasteiger partial charge is 0.398 e. The fraction of sp³-hybridized carbons (Fsp3) is 0.158. The monoisotopic (exact) mass is 347 g/mol. The van der Waals surface area contributed by atoms with Crippen LogP contribution in [-0.4, -0.2) is 33.7 Å². The van der Waals surface area contributed by atoms with Crippen molar-refractivity contribution in [1.82, 2.24) is 15.0 Å². The number of hydrogen-bond acceptors (Lipinski definition) is 5. The molecule has 1 aromatic heterocycles. The highest BCUT2D eigenvalue weighted by Crippen LogP contribution is 2.30. The van der Waals surface area contributed by atoms with E-state index in [0.717, 1.165) is 16.8 Å². The molecule has 130 valence electrons. The van der Waals surface area contributed by atoms with Crippen LogP contribution in [0.1, 0.15) is 16.8 Å². The van der Waals surface area contributed by atoms with E-state index in [4.69, 9.17) is 4.84 Å². The predicted octanol–water partition coefficient (Wildman–Crippen LogP) is 2.22. The molecule has 0 atom stereocenters. The summed E-state index contributed by atoms with van der Waals surface area (Å²) in [6, 6.07) is 17.5. The predicted molar refractivity (Wildman–Crippen MR) is 96.7 cm³/mol. The summed E-state index contributed by atoms with van der Waals surface area (Å²) in [6.07, 6.45) is 1.86. The Bertz CT molecular complexity index is 965. The molecule has 4 rings (SSSR count). The third kappa shape index (κ3) is 2.95. The summed E-state index contributed by atoms with van der Waals surface area (Å²) in [5.41, 5.74) is 3.71. The maximum atomic E-state index is 12.7. The number of carbonyl (C=O) groups is 1. The topological polar surface area (TPSA) is 72.6 Å². The van der Waals surface area contributed by atoms with Gasteiger partial charge in [0.25, 0.3) is 5.91 Å². The highest BCUT2D eigenvalue weighted by molar-refractivity contribution is 6.54. The van der Waals surface area contributed by atoms with Gasteiger partial charge < -0.3 is 9.74 Å². The Labute approximate surface area is 150 Å². The van der Waals surface area contributed by atoms with Gasteiger partial charge >= 0.3 is 0 Å². The molecule has 7 nitrogen and oxygen atoms in total. The first-order chi connectivity index (χ1) is 12.8. The third-order valence-corrected chi connectivity index (χ3v) is 4.17. The van der Waals surface area contributed by atoms with Crippen LogP contribution in [0.5, 0.6) is 0 Å². The molecule has 1 amide bonds. The zero-order chi connectivity index (χ0) is 17.9. The molecule has 2 aromatic carbocycles. The maximum Gasteiger partial charge on any atom is 0.281 e. The Balaban J connectivity index is 1.56. The molecular weight excluding hydrogens is 330 g/mol. The number of aromatic nitrogens is 3. The number of oxime groups is 1. The Morgan fingerprint density at radius 2 is 1.81 bits per heavy atom. The van der Waals surface area contributed by atoms with E-state index in [0.29, 0.717) is 24.5 Å². The molecule has 1 aliphatic rings. The first-order valence-electron chi connectivity index (χ1n) is 8.21. The number of carbonyl (C=O) groups excluding carboxylic acids is 1. The third-order valence-electron chi connectivity index (χ3n) is 4.17. The van der Waals surface area contributed by atoms with Crippen LogP contribution in [0.2, 0.25) is 0 Å². The van der Waals surface area contributed by atoms with E-state index >= 15 is 0 Å². The normalized spacial score (nSPS) is 14.7. The highest BCUT2D eigenvalue weighted by atomic mass is 16.6. The van der Waals surface area contributed by atoms with E-state index in [9.17, 15) is 4.79 Å². The van der Waals surface area contributed by atoms with Gasteiger partial charge in [-0.2, -0.15) is 0 Å². The van der Waals surface area contributed by atoms with Crippen molar-refractivity contribution < 1.29 is 9.63 Å². The summed E-state index contributed by atoms with van der Waals surface area (Å²) in [4.78, 5) is 19.2. The molecule has 0 spiro atoms. The van der Waals surface area contributed by atoms with Crippen LogP contribution >= 0.6 is 0 Å². The molecule has 0 aliphatic carbocycles. The summed E-state index contributed by atoms with van der Waals surface area (Å²) >= 11 is 0. The van der Waals surface area contributed by atoms with Crippen molar-refractivity contribution in [3.8, 4) is 0 Å². The second-order valence-electron chi connectivity index (χ2n) is 5.92. The van der Waals surface area contributed by atoms with Gasteiger partial charge in [0.15, 0.2) is 5.71 Å². The number of rotatable bonds is 5. The van der Waals surface area contributed by atoms with Gasteiger partial charge in [-0.15, -0.1) is 5.10 Å². The maximum absolute atomic E-state index is 12.7. The lowest BCUT2D eigenvalue weighted by molar-refractivity contribution is -0.112. The van der Waals surface area contributed by atoms with Gasteiger partial charge in [0.2, 0.25) is 0 Å². The molecule has 0 unspecified atom stereocenters. The van der Waals surface area contributed by atoms with Crippen molar-refractivity contribution in [1.29, 1.82) is 0 Å². The smallest absolute Gasteiger partial charge is 0.281 e. The van der Waals surface area contributed by atoms with Gasteiger partial charge in [0.05, 0.1) is 25.0 Å². The molecule has 0 radical (unpaired) electrons. The number of nitrogens with zero attached hydrogens (tertiary/aromatic N) is 5. The number of hydrogen-bond donors (Lipinski definition) is 0. The van der Waals surface area contributed by atoms with Gasteiger partial charge in [0, 0.05) is 5.56 Å². The number of fused-ring (bicyclic) bond motifs is 1.